The second kappa shape index (κ2) is 5.25. The van der Waals surface area contributed by atoms with Gasteiger partial charge in [0.15, 0.2) is 0 Å². The van der Waals surface area contributed by atoms with E-state index < -0.39 is 0 Å². The second-order valence-electron chi connectivity index (χ2n) is 4.37. The Kier molecular flexibility index (Phi) is 3.95. The van der Waals surface area contributed by atoms with Crippen molar-refractivity contribution in [2.24, 2.45) is 5.73 Å². The maximum absolute atomic E-state index is 13.1. The van der Waals surface area contributed by atoms with Gasteiger partial charge in [-0.05, 0) is 43.1 Å². The highest BCUT2D eigenvalue weighted by molar-refractivity contribution is 9.10. The molecular weight excluding hydrogens is 271 g/mol. The zero-order valence-corrected chi connectivity index (χ0v) is 10.7. The van der Waals surface area contributed by atoms with Crippen molar-refractivity contribution >= 4 is 15.9 Å². The summed E-state index contributed by atoms with van der Waals surface area (Å²) in [6.07, 6.45) is 2.23. The highest BCUT2D eigenvalue weighted by Crippen LogP contribution is 2.21. The molecule has 0 saturated carbocycles. The molecule has 88 valence electrons. The molecule has 0 aliphatic carbocycles. The summed E-state index contributed by atoms with van der Waals surface area (Å²) in [6.45, 7) is 2.73. The fourth-order valence-electron chi connectivity index (χ4n) is 2.14. The number of halogens is 2. The molecule has 0 spiro atoms. The van der Waals surface area contributed by atoms with E-state index in [1.54, 1.807) is 12.1 Å². The van der Waals surface area contributed by atoms with Crippen molar-refractivity contribution < 1.29 is 4.39 Å². The molecule has 1 aromatic carbocycles. The Morgan fingerprint density at radius 2 is 2.31 bits per heavy atom. The van der Waals surface area contributed by atoms with Crippen LogP contribution in [0.2, 0.25) is 0 Å². The number of benzene rings is 1. The Balaban J connectivity index is 2.05. The van der Waals surface area contributed by atoms with Crippen LogP contribution in [0.25, 0.3) is 0 Å². The van der Waals surface area contributed by atoms with Crippen LogP contribution in [0.3, 0.4) is 0 Å². The topological polar surface area (TPSA) is 29.3 Å². The van der Waals surface area contributed by atoms with Crippen molar-refractivity contribution in [3.8, 4) is 0 Å². The largest absolute Gasteiger partial charge is 0.327 e. The molecular formula is C12H16BrFN2. The molecule has 0 radical (unpaired) electrons. The average molecular weight is 287 g/mol. The first-order valence-electron chi connectivity index (χ1n) is 5.57. The lowest BCUT2D eigenvalue weighted by Gasteiger charge is -2.30. The smallest absolute Gasteiger partial charge is 0.123 e. The molecule has 0 amide bonds. The van der Waals surface area contributed by atoms with E-state index in [1.807, 2.05) is 0 Å². The molecule has 0 bridgehead atoms. The molecule has 0 aromatic heterocycles. The summed E-state index contributed by atoms with van der Waals surface area (Å²) < 4.78 is 14.1. The normalized spacial score (nSPS) is 22.3. The summed E-state index contributed by atoms with van der Waals surface area (Å²) >= 11 is 3.45. The van der Waals surface area contributed by atoms with Gasteiger partial charge in [-0.15, -0.1) is 0 Å². The lowest BCUT2D eigenvalue weighted by Crippen LogP contribution is -2.42. The van der Waals surface area contributed by atoms with Crippen LogP contribution < -0.4 is 5.73 Å². The van der Waals surface area contributed by atoms with Gasteiger partial charge in [0.25, 0.3) is 0 Å². The van der Waals surface area contributed by atoms with Gasteiger partial charge in [0.05, 0.1) is 0 Å². The van der Waals surface area contributed by atoms with E-state index in [1.165, 1.54) is 6.07 Å². The molecule has 1 aliphatic heterocycles. The Labute approximate surface area is 104 Å². The Bertz CT molecular complexity index is 370. The molecule has 1 fully saturated rings. The molecule has 16 heavy (non-hydrogen) atoms. The first kappa shape index (κ1) is 12.0. The number of rotatable bonds is 2. The van der Waals surface area contributed by atoms with Crippen LogP contribution in [0.1, 0.15) is 18.4 Å². The van der Waals surface area contributed by atoms with Gasteiger partial charge in [-0.2, -0.15) is 0 Å². The number of nitrogens with two attached hydrogens (primary N) is 1. The number of piperidine rings is 1. The fraction of sp³-hybridized carbons (Fsp3) is 0.500. The van der Waals surface area contributed by atoms with Crippen LogP contribution in [0.5, 0.6) is 0 Å². The van der Waals surface area contributed by atoms with Crippen LogP contribution in [0, 0.1) is 5.82 Å². The van der Waals surface area contributed by atoms with Crippen molar-refractivity contribution in [1.82, 2.24) is 4.90 Å². The summed E-state index contributed by atoms with van der Waals surface area (Å²) in [7, 11) is 0. The molecule has 2 N–H and O–H groups in total. The maximum atomic E-state index is 13.1. The minimum atomic E-state index is -0.181. The van der Waals surface area contributed by atoms with Crippen molar-refractivity contribution in [1.29, 1.82) is 0 Å². The molecule has 4 heteroatoms. The average Bonchev–Trinajstić information content (AvgIpc) is 2.24. The summed E-state index contributed by atoms with van der Waals surface area (Å²) in [5.41, 5.74) is 6.91. The molecule has 1 aliphatic rings. The number of hydrogen-bond donors (Lipinski definition) is 1. The molecule has 1 saturated heterocycles. The lowest BCUT2D eigenvalue weighted by molar-refractivity contribution is 0.201. The quantitative estimate of drug-likeness (QED) is 0.905. The monoisotopic (exact) mass is 286 g/mol. The van der Waals surface area contributed by atoms with Crippen LogP contribution >= 0.6 is 15.9 Å². The molecule has 1 aromatic rings. The van der Waals surface area contributed by atoms with Crippen LogP contribution in [0.15, 0.2) is 22.7 Å². The minimum absolute atomic E-state index is 0.181. The van der Waals surface area contributed by atoms with Crippen LogP contribution in [-0.2, 0) is 6.54 Å². The Morgan fingerprint density at radius 1 is 1.50 bits per heavy atom. The van der Waals surface area contributed by atoms with Gasteiger partial charge in [-0.1, -0.05) is 15.9 Å². The van der Waals surface area contributed by atoms with Gasteiger partial charge in [-0.3, -0.25) is 4.90 Å². The van der Waals surface area contributed by atoms with E-state index in [-0.39, 0.29) is 11.9 Å². The van der Waals surface area contributed by atoms with Gasteiger partial charge in [0.1, 0.15) is 5.82 Å². The van der Waals surface area contributed by atoms with Crippen molar-refractivity contribution in [3.63, 3.8) is 0 Å². The summed E-state index contributed by atoms with van der Waals surface area (Å²) in [5, 5.41) is 0. The van der Waals surface area contributed by atoms with Crippen molar-refractivity contribution in [2.45, 2.75) is 25.4 Å². The van der Waals surface area contributed by atoms with Crippen molar-refractivity contribution in [3.05, 3.63) is 34.1 Å². The predicted molar refractivity (Wildman–Crippen MR) is 66.6 cm³/mol. The molecule has 2 nitrogen and oxygen atoms in total. The SMILES string of the molecule is N[C@@H]1CCCN(Cc2cc(F)ccc2Br)C1. The molecule has 1 heterocycles. The number of likely N-dealkylation sites (tertiary alicyclic amines) is 1. The van der Waals surface area contributed by atoms with Gasteiger partial charge in [-0.25, -0.2) is 4.39 Å². The number of hydrogen-bond acceptors (Lipinski definition) is 2. The highest BCUT2D eigenvalue weighted by Gasteiger charge is 2.17. The minimum Gasteiger partial charge on any atom is -0.327 e. The van der Waals surface area contributed by atoms with E-state index in [2.05, 4.69) is 20.8 Å². The number of nitrogens with zero attached hydrogens (tertiary/aromatic N) is 1. The molecule has 1 atom stereocenters. The molecule has 2 rings (SSSR count). The zero-order chi connectivity index (χ0) is 11.5. The molecule has 0 unspecified atom stereocenters. The Hall–Kier alpha value is -0.450. The third-order valence-corrected chi connectivity index (χ3v) is 3.72. The standard InChI is InChI=1S/C12H16BrFN2/c13-12-4-3-10(14)6-9(12)7-16-5-1-2-11(15)8-16/h3-4,6,11H,1-2,5,7-8,15H2/t11-/m1/s1. The van der Waals surface area contributed by atoms with Gasteiger partial charge in [0, 0.05) is 23.6 Å². The third kappa shape index (κ3) is 3.03. The maximum Gasteiger partial charge on any atom is 0.123 e. The first-order chi connectivity index (χ1) is 7.65. The van der Waals surface area contributed by atoms with E-state index >= 15 is 0 Å². The fourth-order valence-corrected chi connectivity index (χ4v) is 2.51. The van der Waals surface area contributed by atoms with Crippen LogP contribution in [0.4, 0.5) is 4.39 Å². The van der Waals surface area contributed by atoms with Crippen molar-refractivity contribution in [2.75, 3.05) is 13.1 Å². The van der Waals surface area contributed by atoms with Gasteiger partial charge < -0.3 is 5.73 Å². The van der Waals surface area contributed by atoms with E-state index in [0.29, 0.717) is 0 Å². The first-order valence-corrected chi connectivity index (χ1v) is 6.36. The second-order valence-corrected chi connectivity index (χ2v) is 5.23. The van der Waals surface area contributed by atoms with E-state index in [4.69, 9.17) is 5.73 Å². The zero-order valence-electron chi connectivity index (χ0n) is 9.13. The van der Waals surface area contributed by atoms with E-state index in [9.17, 15) is 4.39 Å². The highest BCUT2D eigenvalue weighted by atomic mass is 79.9. The summed E-state index contributed by atoms with van der Waals surface area (Å²) in [6, 6.07) is 5.08. The van der Waals surface area contributed by atoms with Gasteiger partial charge >= 0.3 is 0 Å². The third-order valence-electron chi connectivity index (χ3n) is 2.94. The van der Waals surface area contributed by atoms with Gasteiger partial charge in [0.2, 0.25) is 0 Å². The predicted octanol–water partition coefficient (Wildman–Crippen LogP) is 2.51. The van der Waals surface area contributed by atoms with Crippen LogP contribution in [-0.4, -0.2) is 24.0 Å². The summed E-state index contributed by atoms with van der Waals surface area (Å²) in [4.78, 5) is 2.29. The van der Waals surface area contributed by atoms with E-state index in [0.717, 1.165) is 42.5 Å². The Morgan fingerprint density at radius 3 is 3.06 bits per heavy atom. The lowest BCUT2D eigenvalue weighted by atomic mass is 10.1. The summed E-state index contributed by atoms with van der Waals surface area (Å²) in [5.74, 6) is -0.181.